The molecule has 2 aliphatic rings. The molecule has 0 aliphatic carbocycles. The molecule has 1 unspecified atom stereocenters. The van der Waals surface area contributed by atoms with Gasteiger partial charge in [-0.05, 0) is 37.2 Å². The van der Waals surface area contributed by atoms with Gasteiger partial charge in [0.15, 0.2) is 4.77 Å². The minimum atomic E-state index is 0.0959. The third-order valence-electron chi connectivity index (χ3n) is 5.47. The fourth-order valence-electron chi connectivity index (χ4n) is 4.00. The Morgan fingerprint density at radius 1 is 1.26 bits per heavy atom. The van der Waals surface area contributed by atoms with Crippen LogP contribution in [-0.2, 0) is 11.8 Å². The lowest BCUT2D eigenvalue weighted by molar-refractivity contribution is 0.0703. The number of aromatic amines is 1. The normalized spacial score (nSPS) is 20.7. The maximum absolute atomic E-state index is 13.3. The summed E-state index contributed by atoms with van der Waals surface area (Å²) in [6.45, 7) is 4.49. The Balaban J connectivity index is 1.56. The number of likely N-dealkylation sites (tertiary alicyclic amines) is 1. The van der Waals surface area contributed by atoms with Gasteiger partial charge in [-0.25, -0.2) is 0 Å². The van der Waals surface area contributed by atoms with Crippen molar-refractivity contribution in [1.29, 1.82) is 0 Å². The second kappa shape index (κ2) is 7.82. The summed E-state index contributed by atoms with van der Waals surface area (Å²) in [4.78, 5) is 17.6. The molecule has 4 rings (SSSR count). The van der Waals surface area contributed by atoms with Gasteiger partial charge < -0.3 is 19.1 Å². The molecule has 2 fully saturated rings. The van der Waals surface area contributed by atoms with Gasteiger partial charge in [0.05, 0.1) is 18.8 Å². The van der Waals surface area contributed by atoms with Crippen LogP contribution in [0.15, 0.2) is 24.3 Å². The molecule has 2 aliphatic heterocycles. The first-order chi connectivity index (χ1) is 13.1. The van der Waals surface area contributed by atoms with E-state index in [9.17, 15) is 4.79 Å². The van der Waals surface area contributed by atoms with Crippen LogP contribution < -0.4 is 4.90 Å². The Labute approximate surface area is 163 Å². The zero-order chi connectivity index (χ0) is 18.8. The van der Waals surface area contributed by atoms with Gasteiger partial charge in [0.1, 0.15) is 5.82 Å². The number of morpholine rings is 1. The number of anilines is 1. The Morgan fingerprint density at radius 2 is 2.04 bits per heavy atom. The lowest BCUT2D eigenvalue weighted by atomic mass is 9.96. The van der Waals surface area contributed by atoms with E-state index < -0.39 is 0 Å². The van der Waals surface area contributed by atoms with Crippen LogP contribution in [0, 0.1) is 4.77 Å². The number of rotatable bonds is 3. The summed E-state index contributed by atoms with van der Waals surface area (Å²) in [5.74, 6) is 1.23. The smallest absolute Gasteiger partial charge is 0.255 e. The molecule has 1 N–H and O–H groups in total. The molecule has 0 saturated carbocycles. The second-order valence-electron chi connectivity index (χ2n) is 7.15. The minimum Gasteiger partial charge on any atom is -0.378 e. The van der Waals surface area contributed by atoms with Gasteiger partial charge in [-0.3, -0.25) is 9.89 Å². The SMILES string of the molecule is Cn1c(C2CCCN(C(=O)c3ccccc3N3CCOCC3)C2)n[nH]c1=S. The number of piperidine rings is 1. The van der Waals surface area contributed by atoms with E-state index in [-0.39, 0.29) is 11.8 Å². The van der Waals surface area contributed by atoms with Gasteiger partial charge in [0, 0.05) is 44.8 Å². The average molecular weight is 388 g/mol. The number of amides is 1. The zero-order valence-electron chi connectivity index (χ0n) is 15.6. The van der Waals surface area contributed by atoms with E-state index in [1.807, 2.05) is 40.8 Å². The summed E-state index contributed by atoms with van der Waals surface area (Å²) in [6.07, 6.45) is 1.98. The quantitative estimate of drug-likeness (QED) is 0.819. The van der Waals surface area contributed by atoms with Crippen LogP contribution in [0.5, 0.6) is 0 Å². The van der Waals surface area contributed by atoms with Gasteiger partial charge in [-0.15, -0.1) is 0 Å². The first kappa shape index (κ1) is 18.2. The first-order valence-corrected chi connectivity index (χ1v) is 9.88. The molecule has 2 aromatic rings. The summed E-state index contributed by atoms with van der Waals surface area (Å²) >= 11 is 5.24. The lowest BCUT2D eigenvalue weighted by Crippen LogP contribution is -2.41. The van der Waals surface area contributed by atoms with Crippen LogP contribution in [0.4, 0.5) is 5.69 Å². The van der Waals surface area contributed by atoms with Gasteiger partial charge in [0.25, 0.3) is 5.91 Å². The minimum absolute atomic E-state index is 0.0959. The molecule has 0 radical (unpaired) electrons. The van der Waals surface area contributed by atoms with E-state index in [1.54, 1.807) is 0 Å². The molecular formula is C19H25N5O2S. The molecule has 1 amide bonds. The molecule has 1 aromatic carbocycles. The van der Waals surface area contributed by atoms with E-state index in [0.717, 1.165) is 49.6 Å². The lowest BCUT2D eigenvalue weighted by Gasteiger charge is -2.34. The molecule has 1 aromatic heterocycles. The number of ether oxygens (including phenoxy) is 1. The number of para-hydroxylation sites is 1. The molecule has 8 heteroatoms. The van der Waals surface area contributed by atoms with E-state index in [2.05, 4.69) is 15.1 Å². The van der Waals surface area contributed by atoms with Crippen LogP contribution in [0.3, 0.4) is 0 Å². The monoisotopic (exact) mass is 387 g/mol. The molecule has 7 nitrogen and oxygen atoms in total. The molecule has 144 valence electrons. The van der Waals surface area contributed by atoms with Gasteiger partial charge >= 0.3 is 0 Å². The predicted molar refractivity (Wildman–Crippen MR) is 106 cm³/mol. The number of hydrogen-bond acceptors (Lipinski definition) is 5. The van der Waals surface area contributed by atoms with E-state index in [0.29, 0.717) is 24.5 Å². The summed E-state index contributed by atoms with van der Waals surface area (Å²) in [6, 6.07) is 7.91. The van der Waals surface area contributed by atoms with E-state index in [1.165, 1.54) is 0 Å². The highest BCUT2D eigenvalue weighted by Gasteiger charge is 2.30. The van der Waals surface area contributed by atoms with Crippen molar-refractivity contribution in [2.75, 3.05) is 44.3 Å². The van der Waals surface area contributed by atoms with Crippen molar-refractivity contribution in [2.45, 2.75) is 18.8 Å². The molecule has 2 saturated heterocycles. The molecule has 3 heterocycles. The second-order valence-corrected chi connectivity index (χ2v) is 7.54. The van der Waals surface area contributed by atoms with Crippen molar-refractivity contribution >= 4 is 23.8 Å². The molecular weight excluding hydrogens is 362 g/mol. The van der Waals surface area contributed by atoms with Crippen LogP contribution in [0.1, 0.15) is 34.9 Å². The van der Waals surface area contributed by atoms with Crippen molar-refractivity contribution < 1.29 is 9.53 Å². The summed E-state index contributed by atoms with van der Waals surface area (Å²) in [7, 11) is 1.93. The van der Waals surface area contributed by atoms with Crippen LogP contribution in [0.25, 0.3) is 0 Å². The summed E-state index contributed by atoms with van der Waals surface area (Å²) < 4.78 is 7.99. The number of hydrogen-bond donors (Lipinski definition) is 1. The summed E-state index contributed by atoms with van der Waals surface area (Å²) in [5.41, 5.74) is 1.78. The maximum atomic E-state index is 13.3. The highest BCUT2D eigenvalue weighted by molar-refractivity contribution is 7.71. The topological polar surface area (TPSA) is 66.4 Å². The average Bonchev–Trinajstić information content (AvgIpc) is 3.07. The fraction of sp³-hybridized carbons (Fsp3) is 0.526. The molecule has 0 bridgehead atoms. The number of nitrogens with zero attached hydrogens (tertiary/aromatic N) is 4. The van der Waals surface area contributed by atoms with Crippen LogP contribution in [-0.4, -0.2) is 65.0 Å². The maximum Gasteiger partial charge on any atom is 0.255 e. The number of nitrogens with one attached hydrogen (secondary N) is 1. The number of carbonyl (C=O) groups is 1. The van der Waals surface area contributed by atoms with E-state index >= 15 is 0 Å². The molecule has 0 spiro atoms. The Kier molecular flexibility index (Phi) is 5.27. The van der Waals surface area contributed by atoms with Crippen molar-refractivity contribution in [1.82, 2.24) is 19.7 Å². The van der Waals surface area contributed by atoms with Gasteiger partial charge in [0.2, 0.25) is 0 Å². The standard InChI is InChI=1S/C19H25N5O2S/c1-22-17(20-21-19(22)27)14-5-4-8-24(13-14)18(25)15-6-2-3-7-16(15)23-9-11-26-12-10-23/h2-3,6-7,14H,4-5,8-13H2,1H3,(H,21,27). The van der Waals surface area contributed by atoms with E-state index in [4.69, 9.17) is 17.0 Å². The number of carbonyl (C=O) groups excluding carboxylic acids is 1. The molecule has 27 heavy (non-hydrogen) atoms. The van der Waals surface area contributed by atoms with Crippen molar-refractivity contribution in [2.24, 2.45) is 7.05 Å². The number of H-pyrrole nitrogens is 1. The Hall–Kier alpha value is -2.19. The van der Waals surface area contributed by atoms with Crippen LogP contribution in [0.2, 0.25) is 0 Å². The van der Waals surface area contributed by atoms with Gasteiger partial charge in [-0.1, -0.05) is 12.1 Å². The highest BCUT2D eigenvalue weighted by atomic mass is 32.1. The summed E-state index contributed by atoms with van der Waals surface area (Å²) in [5, 5.41) is 7.24. The first-order valence-electron chi connectivity index (χ1n) is 9.47. The Morgan fingerprint density at radius 3 is 2.78 bits per heavy atom. The van der Waals surface area contributed by atoms with Crippen molar-refractivity contribution in [3.63, 3.8) is 0 Å². The third kappa shape index (κ3) is 3.64. The third-order valence-corrected chi connectivity index (χ3v) is 5.84. The zero-order valence-corrected chi connectivity index (χ0v) is 16.4. The van der Waals surface area contributed by atoms with Crippen molar-refractivity contribution in [3.05, 3.63) is 40.4 Å². The van der Waals surface area contributed by atoms with Crippen molar-refractivity contribution in [3.8, 4) is 0 Å². The number of benzene rings is 1. The Bertz CT molecular complexity index is 871. The fourth-order valence-corrected chi connectivity index (χ4v) is 4.14. The molecule has 1 atom stereocenters. The van der Waals surface area contributed by atoms with Gasteiger partial charge in [-0.2, -0.15) is 5.10 Å². The highest BCUT2D eigenvalue weighted by Crippen LogP contribution is 2.29. The van der Waals surface area contributed by atoms with Crippen LogP contribution >= 0.6 is 12.2 Å². The largest absolute Gasteiger partial charge is 0.378 e. The predicted octanol–water partition coefficient (Wildman–Crippen LogP) is 2.33. The number of aromatic nitrogens is 3.